The Balaban J connectivity index is 1.68. The average molecular weight is 1680 g/mol. The van der Waals surface area contributed by atoms with Gasteiger partial charge in [-0.3, -0.25) is 52.7 Å². The standard InChI is InChI=1S/C88H141N17O15/c1-7-9-10-11-15-44-77(107)95-52-31-25-43-70(82(112)104-75(56-60-32-13-12-14-33-60)86(116)100-67(39-21-27-48-90)79(109)96-68(40-22-28-49-91)80(110)103-74(55-59(5)6)85(115)101-72(45-46-76(94)106)87(117)119-53-8-2)97-78(108)66(38-20-26-47-89)99-84(114)73(54-58(3)4)102-81(111)69(41-23-29-50-92)98-83(113)71(42-24-30-51-93)105-88(118)120-57-65-63-36-18-16-34-61(63)62-35-17-19-37-64(62)65/h8,12-14,16-19,32-37,58-59,65-75H,2,7,9-11,15,20-31,38-57,89-93H2,1,3-6H3,(H2,94,106)(H,95,107)(H,96,109)(H,97,108)(H,98,113)(H,99,114)(H,100,116)(H,101,115)(H,102,111)(H,103,110)(H,104,112)(H,105,118)/t66-,67-,68-,69-,70-,71-,72-,73-,74-,75-/m0/s1. The van der Waals surface area contributed by atoms with E-state index in [-0.39, 0.29) is 147 Å². The van der Waals surface area contributed by atoms with Crippen LogP contribution in [-0.4, -0.2) is 190 Å². The zero-order valence-corrected chi connectivity index (χ0v) is 71.5. The van der Waals surface area contributed by atoms with Crippen molar-refractivity contribution >= 4 is 77.0 Å². The molecule has 23 N–H and O–H groups in total. The van der Waals surface area contributed by atoms with Gasteiger partial charge in [0.1, 0.15) is 73.6 Å². The lowest BCUT2D eigenvalue weighted by atomic mass is 9.98. The van der Waals surface area contributed by atoms with Crippen molar-refractivity contribution in [2.45, 2.75) is 287 Å². The molecule has 0 bridgehead atoms. The van der Waals surface area contributed by atoms with E-state index in [4.69, 9.17) is 43.9 Å². The molecule has 1 aliphatic carbocycles. The highest BCUT2D eigenvalue weighted by Crippen LogP contribution is 2.44. The number of hydrogen-bond donors (Lipinski definition) is 17. The molecule has 32 heteroatoms. The van der Waals surface area contributed by atoms with E-state index in [0.29, 0.717) is 89.2 Å². The largest absolute Gasteiger partial charge is 0.460 e. The second-order valence-corrected chi connectivity index (χ2v) is 31.9. The summed E-state index contributed by atoms with van der Waals surface area (Å²) in [5, 5.41) is 31.0. The number of nitrogens with one attached hydrogen (secondary N) is 11. The van der Waals surface area contributed by atoms with Crippen molar-refractivity contribution in [1.29, 1.82) is 0 Å². The molecule has 0 fully saturated rings. The molecule has 0 unspecified atom stereocenters. The molecule has 0 aliphatic heterocycles. The Kier molecular flexibility index (Phi) is 50.3. The topological polar surface area (TPSA) is 529 Å². The van der Waals surface area contributed by atoms with Crippen LogP contribution < -0.4 is 92.9 Å². The van der Waals surface area contributed by atoms with Gasteiger partial charge in [0, 0.05) is 31.7 Å². The number of hydrogen-bond acceptors (Lipinski definition) is 20. The molecule has 0 aromatic heterocycles. The summed E-state index contributed by atoms with van der Waals surface area (Å²) in [5.41, 5.74) is 39.7. The number of carbonyl (C=O) groups is 13. The maximum atomic E-state index is 15.3. The fourth-order valence-corrected chi connectivity index (χ4v) is 14.2. The minimum absolute atomic E-state index is 0.00551. The van der Waals surface area contributed by atoms with Crippen molar-refractivity contribution in [2.75, 3.05) is 52.5 Å². The number of benzene rings is 3. The third-order valence-corrected chi connectivity index (χ3v) is 20.8. The number of alkyl carbamates (subject to hydrolysis) is 1. The third kappa shape index (κ3) is 39.1. The minimum atomic E-state index is -1.44. The number of nitrogens with two attached hydrogens (primary N) is 6. The molecule has 1 aliphatic rings. The molecule has 0 spiro atoms. The van der Waals surface area contributed by atoms with Gasteiger partial charge in [0.25, 0.3) is 0 Å². The number of rotatable bonds is 64. The highest BCUT2D eigenvalue weighted by Gasteiger charge is 2.38. The summed E-state index contributed by atoms with van der Waals surface area (Å²) < 4.78 is 11.0. The fraction of sp³-hybridized carbons (Fsp3) is 0.625. The number of fused-ring (bicyclic) bond motifs is 3. The van der Waals surface area contributed by atoms with E-state index in [1.165, 1.54) is 6.08 Å². The molecule has 32 nitrogen and oxygen atoms in total. The SMILES string of the molecule is C=CCOC(=O)[C@H](CCC(N)=O)NC(=O)[C@H](CC(C)C)NC(=O)[C@H](CCCCN)NC(=O)[C@H](CCCCN)NC(=O)[C@H](Cc1ccccc1)NC(=O)[C@H](CCCCNC(=O)CCCCCCC)NC(=O)[C@H](CCCCN)NC(=O)[C@H](CC(C)C)NC(=O)[C@H](CCCCN)NC(=O)[C@H](CCCCN)NC(=O)OCC1c2ccccc2-c2ccccc21. The van der Waals surface area contributed by atoms with E-state index < -0.39 is 132 Å². The van der Waals surface area contributed by atoms with E-state index in [1.807, 2.05) is 76.2 Å². The fourth-order valence-electron chi connectivity index (χ4n) is 14.2. The van der Waals surface area contributed by atoms with Crippen molar-refractivity contribution < 1.29 is 71.8 Å². The Morgan fingerprint density at radius 3 is 1.12 bits per heavy atom. The number of amides is 12. The molecule has 0 saturated carbocycles. The average Bonchev–Trinajstić information content (AvgIpc) is 1.61. The van der Waals surface area contributed by atoms with Gasteiger partial charge in [-0.25, -0.2) is 9.59 Å². The zero-order chi connectivity index (χ0) is 88.2. The van der Waals surface area contributed by atoms with Gasteiger partial charge in [-0.15, -0.1) is 0 Å². The zero-order valence-electron chi connectivity index (χ0n) is 71.5. The predicted octanol–water partition coefficient (Wildman–Crippen LogP) is 4.88. The van der Waals surface area contributed by atoms with Gasteiger partial charge in [0.2, 0.25) is 65.0 Å². The van der Waals surface area contributed by atoms with Crippen LogP contribution in [0.15, 0.2) is 91.5 Å². The molecule has 0 saturated heterocycles. The number of esters is 1. The molecule has 0 radical (unpaired) electrons. The molecular weight excluding hydrogens is 1540 g/mol. The number of ether oxygens (including phenoxy) is 2. The monoisotopic (exact) mass is 1680 g/mol. The van der Waals surface area contributed by atoms with Crippen LogP contribution in [0, 0.1) is 11.8 Å². The van der Waals surface area contributed by atoms with Gasteiger partial charge in [0.05, 0.1) is 0 Å². The van der Waals surface area contributed by atoms with Gasteiger partial charge < -0.3 is 102 Å². The second kappa shape index (κ2) is 58.9. The summed E-state index contributed by atoms with van der Waals surface area (Å²) in [6, 6.07) is 11.4. The molecule has 0 heterocycles. The van der Waals surface area contributed by atoms with E-state index >= 15 is 14.4 Å². The highest BCUT2D eigenvalue weighted by atomic mass is 16.5. The van der Waals surface area contributed by atoms with Crippen LogP contribution >= 0.6 is 0 Å². The number of primary amides is 1. The lowest BCUT2D eigenvalue weighted by molar-refractivity contribution is -0.147. The van der Waals surface area contributed by atoms with Crippen molar-refractivity contribution in [1.82, 2.24) is 58.5 Å². The summed E-state index contributed by atoms with van der Waals surface area (Å²) in [7, 11) is 0. The molecule has 12 amide bonds. The van der Waals surface area contributed by atoms with E-state index in [0.717, 1.165) is 54.4 Å². The molecule has 668 valence electrons. The Morgan fingerprint density at radius 2 is 0.733 bits per heavy atom. The van der Waals surface area contributed by atoms with Crippen LogP contribution in [0.1, 0.15) is 237 Å². The summed E-state index contributed by atoms with van der Waals surface area (Å²) in [6.07, 6.45) is 10.1. The lowest BCUT2D eigenvalue weighted by Gasteiger charge is -2.29. The summed E-state index contributed by atoms with van der Waals surface area (Å²) in [4.78, 5) is 185. The van der Waals surface area contributed by atoms with Crippen molar-refractivity contribution in [3.8, 4) is 11.1 Å². The first-order valence-corrected chi connectivity index (χ1v) is 43.4. The lowest BCUT2D eigenvalue weighted by Crippen LogP contribution is -2.61. The quantitative estimate of drug-likeness (QED) is 0.0203. The molecule has 10 atom stereocenters. The van der Waals surface area contributed by atoms with E-state index in [2.05, 4.69) is 72.0 Å². The third-order valence-electron chi connectivity index (χ3n) is 20.8. The van der Waals surface area contributed by atoms with Crippen LogP contribution in [0.25, 0.3) is 11.1 Å². The van der Waals surface area contributed by atoms with Gasteiger partial charge in [-0.05, 0) is 214 Å². The maximum Gasteiger partial charge on any atom is 0.407 e. The van der Waals surface area contributed by atoms with Crippen LogP contribution in [0.4, 0.5) is 4.79 Å². The summed E-state index contributed by atoms with van der Waals surface area (Å²) in [6.45, 7) is 14.3. The first-order valence-electron chi connectivity index (χ1n) is 43.4. The first kappa shape index (κ1) is 102. The van der Waals surface area contributed by atoms with Crippen molar-refractivity contribution in [3.63, 3.8) is 0 Å². The normalized spacial score (nSPS) is 14.1. The van der Waals surface area contributed by atoms with Gasteiger partial charge in [-0.1, -0.05) is 152 Å². The highest BCUT2D eigenvalue weighted by molar-refractivity contribution is 5.99. The smallest absolute Gasteiger partial charge is 0.407 e. The second-order valence-electron chi connectivity index (χ2n) is 31.9. The van der Waals surface area contributed by atoms with Gasteiger partial charge in [-0.2, -0.15) is 0 Å². The van der Waals surface area contributed by atoms with E-state index in [1.54, 1.807) is 30.3 Å². The summed E-state index contributed by atoms with van der Waals surface area (Å²) in [5.74, 6) is -9.33. The first-order chi connectivity index (χ1) is 57.7. The van der Waals surface area contributed by atoms with Crippen LogP contribution in [0.5, 0.6) is 0 Å². The number of unbranched alkanes of at least 4 members (excludes halogenated alkanes) is 10. The Hall–Kier alpha value is -9.89. The Morgan fingerprint density at radius 1 is 0.383 bits per heavy atom. The maximum absolute atomic E-state index is 15.3. The van der Waals surface area contributed by atoms with Gasteiger partial charge in [0.15, 0.2) is 0 Å². The Labute approximate surface area is 709 Å². The van der Waals surface area contributed by atoms with Crippen molar-refractivity contribution in [2.24, 2.45) is 46.2 Å². The van der Waals surface area contributed by atoms with Crippen LogP contribution in [0.2, 0.25) is 0 Å². The minimum Gasteiger partial charge on any atom is -0.460 e. The van der Waals surface area contributed by atoms with Crippen molar-refractivity contribution in [3.05, 3.63) is 108 Å². The van der Waals surface area contributed by atoms with E-state index in [9.17, 15) is 47.9 Å². The molecule has 3 aromatic carbocycles. The predicted molar refractivity (Wildman–Crippen MR) is 463 cm³/mol. The molecule has 4 rings (SSSR count). The Bertz CT molecular complexity index is 3620. The van der Waals surface area contributed by atoms with Crippen LogP contribution in [-0.2, 0) is 73.4 Å². The molecule has 120 heavy (non-hydrogen) atoms. The molecule has 3 aromatic rings. The summed E-state index contributed by atoms with van der Waals surface area (Å²) >= 11 is 0. The van der Waals surface area contributed by atoms with Crippen LogP contribution in [0.3, 0.4) is 0 Å². The molecular formula is C88H141N17O15. The number of carbonyl (C=O) groups excluding carboxylic acids is 13. The van der Waals surface area contributed by atoms with Gasteiger partial charge >= 0.3 is 12.1 Å².